The summed E-state index contributed by atoms with van der Waals surface area (Å²) >= 11 is 0. The van der Waals surface area contributed by atoms with Gasteiger partial charge in [-0.3, -0.25) is 4.98 Å². The first-order valence-corrected chi connectivity index (χ1v) is 16.0. The molecule has 204 valence electrons. The van der Waals surface area contributed by atoms with Crippen LogP contribution in [0.5, 0.6) is 0 Å². The zero-order chi connectivity index (χ0) is 28.7. The van der Waals surface area contributed by atoms with E-state index in [1.807, 2.05) is 48.5 Å². The minimum atomic E-state index is -3.72. The molecule has 5 rings (SSSR count). The Morgan fingerprint density at radius 3 is 2.17 bits per heavy atom. The van der Waals surface area contributed by atoms with Crippen molar-refractivity contribution in [2.75, 3.05) is 6.26 Å². The van der Waals surface area contributed by atoms with Crippen LogP contribution in [0.15, 0.2) is 102 Å². The summed E-state index contributed by atoms with van der Waals surface area (Å²) in [7, 11) is -7.13. The van der Waals surface area contributed by atoms with Crippen LogP contribution in [0.3, 0.4) is 0 Å². The van der Waals surface area contributed by atoms with Gasteiger partial charge in [0.05, 0.1) is 16.0 Å². The molecule has 9 heteroatoms. The minimum absolute atomic E-state index is 0.0670. The molecule has 0 fully saturated rings. The molecule has 3 aromatic carbocycles. The molecule has 0 unspecified atom stereocenters. The average molecular weight is 575 g/mol. The van der Waals surface area contributed by atoms with Crippen LogP contribution in [0, 0.1) is 5.82 Å². The maximum absolute atomic E-state index is 13.2. The van der Waals surface area contributed by atoms with Gasteiger partial charge < -0.3 is 0 Å². The van der Waals surface area contributed by atoms with E-state index in [1.54, 1.807) is 26.1 Å². The predicted molar refractivity (Wildman–Crippen MR) is 156 cm³/mol. The topological polar surface area (TPSA) is 94.1 Å². The molecule has 0 N–H and O–H groups in total. The summed E-state index contributed by atoms with van der Waals surface area (Å²) in [5.74, 6) is -0.713. The lowest BCUT2D eigenvalue weighted by Gasteiger charge is -2.24. The van der Waals surface area contributed by atoms with E-state index in [0.717, 1.165) is 27.6 Å². The summed E-state index contributed by atoms with van der Waals surface area (Å²) in [4.78, 5) is 8.80. The Bertz CT molecular complexity index is 1940. The standard InChI is InChI=1S/C31H27FN2O4S2/c1-31(2,39(3,35)36)26-17-24-8-5-15-33-30(24)28(18-26)23-7-4-6-22(16-23)25-11-14-29(34-19-25)40(37,38)20-21-9-12-27(32)13-10-21/h4-19H,20H2,1-3H3. The predicted octanol–water partition coefficient (Wildman–Crippen LogP) is 6.36. The molecule has 0 saturated heterocycles. The first-order valence-electron chi connectivity index (χ1n) is 12.5. The summed E-state index contributed by atoms with van der Waals surface area (Å²) in [5, 5.41) is 0.761. The molecule has 0 aliphatic heterocycles. The Morgan fingerprint density at radius 1 is 0.775 bits per heavy atom. The second-order valence-corrected chi connectivity index (χ2v) is 14.7. The normalized spacial score (nSPS) is 12.5. The van der Waals surface area contributed by atoms with Gasteiger partial charge in [-0.15, -0.1) is 0 Å². The van der Waals surface area contributed by atoms with Gasteiger partial charge in [0.25, 0.3) is 0 Å². The summed E-state index contributed by atoms with van der Waals surface area (Å²) in [6.07, 6.45) is 4.44. The van der Waals surface area contributed by atoms with Crippen LogP contribution in [0.4, 0.5) is 4.39 Å². The van der Waals surface area contributed by atoms with Crippen molar-refractivity contribution in [1.29, 1.82) is 0 Å². The van der Waals surface area contributed by atoms with Gasteiger partial charge in [0.1, 0.15) is 5.82 Å². The van der Waals surface area contributed by atoms with Gasteiger partial charge in [-0.25, -0.2) is 26.2 Å². The van der Waals surface area contributed by atoms with E-state index in [1.165, 1.54) is 42.8 Å². The lowest BCUT2D eigenvalue weighted by atomic mass is 9.92. The first-order chi connectivity index (χ1) is 18.8. The van der Waals surface area contributed by atoms with E-state index in [-0.39, 0.29) is 10.8 Å². The Labute approximate surface area is 233 Å². The van der Waals surface area contributed by atoms with E-state index in [9.17, 15) is 21.2 Å². The molecule has 0 spiro atoms. The number of benzene rings is 3. The van der Waals surface area contributed by atoms with E-state index < -0.39 is 30.2 Å². The summed E-state index contributed by atoms with van der Waals surface area (Å²) in [5.41, 5.74) is 5.03. The minimum Gasteiger partial charge on any atom is -0.256 e. The molecule has 40 heavy (non-hydrogen) atoms. The number of pyridine rings is 2. The van der Waals surface area contributed by atoms with Crippen LogP contribution in [-0.4, -0.2) is 33.1 Å². The largest absolute Gasteiger partial charge is 0.256 e. The zero-order valence-corrected chi connectivity index (χ0v) is 23.8. The molecular formula is C31H27FN2O4S2. The van der Waals surface area contributed by atoms with Crippen molar-refractivity contribution in [3.05, 3.63) is 114 Å². The number of nitrogens with zero attached hydrogens (tertiary/aromatic N) is 2. The molecular weight excluding hydrogens is 547 g/mol. The molecule has 0 bridgehead atoms. The van der Waals surface area contributed by atoms with Crippen molar-refractivity contribution >= 4 is 30.6 Å². The maximum Gasteiger partial charge on any atom is 0.199 e. The second kappa shape index (κ2) is 10.2. The molecule has 2 aromatic heterocycles. The smallest absolute Gasteiger partial charge is 0.199 e. The fraction of sp³-hybridized carbons (Fsp3) is 0.161. The molecule has 0 radical (unpaired) electrons. The van der Waals surface area contributed by atoms with Crippen molar-refractivity contribution in [1.82, 2.24) is 9.97 Å². The van der Waals surface area contributed by atoms with Crippen LogP contribution in [-0.2, 0) is 30.2 Å². The number of sulfone groups is 2. The summed E-state index contributed by atoms with van der Waals surface area (Å²) < 4.78 is 63.1. The lowest BCUT2D eigenvalue weighted by Crippen LogP contribution is -2.28. The third-order valence-electron chi connectivity index (χ3n) is 7.16. The van der Waals surface area contributed by atoms with E-state index in [2.05, 4.69) is 9.97 Å². The average Bonchev–Trinajstić information content (AvgIpc) is 2.93. The summed E-state index contributed by atoms with van der Waals surface area (Å²) in [6.45, 7) is 3.38. The first kappa shape index (κ1) is 27.6. The van der Waals surface area contributed by atoms with E-state index in [0.29, 0.717) is 16.7 Å². The number of hydrogen-bond donors (Lipinski definition) is 0. The molecule has 2 heterocycles. The van der Waals surface area contributed by atoms with Gasteiger partial charge >= 0.3 is 0 Å². The van der Waals surface area contributed by atoms with E-state index in [4.69, 9.17) is 0 Å². The molecule has 0 aliphatic rings. The van der Waals surface area contributed by atoms with Crippen LogP contribution >= 0.6 is 0 Å². The number of aromatic nitrogens is 2. The monoisotopic (exact) mass is 574 g/mol. The Hall–Kier alpha value is -3.95. The highest BCUT2D eigenvalue weighted by atomic mass is 32.2. The van der Waals surface area contributed by atoms with Gasteiger partial charge in [-0.2, -0.15) is 0 Å². The zero-order valence-electron chi connectivity index (χ0n) is 22.2. The van der Waals surface area contributed by atoms with Gasteiger partial charge in [0.15, 0.2) is 24.7 Å². The SMILES string of the molecule is CC(C)(c1cc(-c2cccc(-c3ccc(S(=O)(=O)Cc4ccc(F)cc4)nc3)c2)c2ncccc2c1)S(C)(=O)=O. The third kappa shape index (κ3) is 5.39. The van der Waals surface area contributed by atoms with Gasteiger partial charge in [-0.05, 0) is 84.6 Å². The Morgan fingerprint density at radius 2 is 1.50 bits per heavy atom. The second-order valence-electron chi connectivity index (χ2n) is 10.2. The van der Waals surface area contributed by atoms with Crippen LogP contribution in [0.1, 0.15) is 25.0 Å². The molecule has 0 aliphatic carbocycles. The van der Waals surface area contributed by atoms with Gasteiger partial charge in [-0.1, -0.05) is 36.4 Å². The fourth-order valence-corrected chi connectivity index (χ4v) is 6.26. The highest BCUT2D eigenvalue weighted by Crippen LogP contribution is 2.37. The number of rotatable bonds is 7. The molecule has 0 atom stereocenters. The van der Waals surface area contributed by atoms with Crippen molar-refractivity contribution in [2.45, 2.75) is 29.4 Å². The molecule has 0 saturated carbocycles. The number of fused-ring (bicyclic) bond motifs is 1. The molecule has 6 nitrogen and oxygen atoms in total. The third-order valence-corrected chi connectivity index (χ3v) is 10.8. The van der Waals surface area contributed by atoms with Crippen molar-refractivity contribution in [3.8, 4) is 22.3 Å². The Balaban J connectivity index is 1.52. The van der Waals surface area contributed by atoms with Crippen molar-refractivity contribution < 1.29 is 21.2 Å². The van der Waals surface area contributed by atoms with Crippen molar-refractivity contribution in [3.63, 3.8) is 0 Å². The van der Waals surface area contributed by atoms with E-state index >= 15 is 0 Å². The highest BCUT2D eigenvalue weighted by molar-refractivity contribution is 7.91. The quantitative estimate of drug-likeness (QED) is 0.225. The number of hydrogen-bond acceptors (Lipinski definition) is 6. The fourth-order valence-electron chi connectivity index (χ4n) is 4.45. The van der Waals surface area contributed by atoms with Crippen LogP contribution < -0.4 is 0 Å². The highest BCUT2D eigenvalue weighted by Gasteiger charge is 2.33. The van der Waals surface area contributed by atoms with Crippen molar-refractivity contribution in [2.24, 2.45) is 0 Å². The van der Waals surface area contributed by atoms with Crippen LogP contribution in [0.2, 0.25) is 0 Å². The lowest BCUT2D eigenvalue weighted by molar-refractivity contribution is 0.561. The van der Waals surface area contributed by atoms with Gasteiger partial charge in [0.2, 0.25) is 0 Å². The van der Waals surface area contributed by atoms with Crippen LogP contribution in [0.25, 0.3) is 33.2 Å². The number of halogens is 1. The molecule has 0 amide bonds. The molecule has 5 aromatic rings. The Kier molecular flexibility index (Phi) is 7.06. The maximum atomic E-state index is 13.2. The summed E-state index contributed by atoms with van der Waals surface area (Å²) in [6, 6.07) is 23.6. The van der Waals surface area contributed by atoms with Gasteiger partial charge in [0, 0.05) is 35.2 Å².